The van der Waals surface area contributed by atoms with Crippen molar-refractivity contribution in [3.8, 4) is 11.1 Å². The van der Waals surface area contributed by atoms with Crippen LogP contribution in [-0.4, -0.2) is 9.13 Å². The predicted molar refractivity (Wildman–Crippen MR) is 244 cm³/mol. The molecule has 9 rings (SSSR count). The van der Waals surface area contributed by atoms with Crippen molar-refractivity contribution < 1.29 is 0 Å². The fourth-order valence-corrected chi connectivity index (χ4v) is 6.31. The highest BCUT2D eigenvalue weighted by molar-refractivity contribution is 6.08. The van der Waals surface area contributed by atoms with Crippen molar-refractivity contribution in [3.05, 3.63) is 157 Å². The minimum Gasteiger partial charge on any atom is -0.344 e. The van der Waals surface area contributed by atoms with E-state index in [2.05, 4.69) is 169 Å². The van der Waals surface area contributed by atoms with Crippen LogP contribution < -0.4 is 0 Å². The number of aromatic nitrogens is 2. The zero-order valence-electron chi connectivity index (χ0n) is 35.5. The van der Waals surface area contributed by atoms with E-state index >= 15 is 0 Å². The van der Waals surface area contributed by atoms with E-state index in [9.17, 15) is 0 Å². The van der Waals surface area contributed by atoms with Crippen LogP contribution in [-0.2, 0) is 20.5 Å². The summed E-state index contributed by atoms with van der Waals surface area (Å²) in [7, 11) is 4.23. The number of para-hydroxylation sites is 4. The van der Waals surface area contributed by atoms with Crippen molar-refractivity contribution in [2.45, 2.75) is 89.5 Å². The van der Waals surface area contributed by atoms with Gasteiger partial charge in [0.05, 0.1) is 0 Å². The molecule has 0 atom stereocenters. The van der Waals surface area contributed by atoms with Crippen LogP contribution in [0.5, 0.6) is 0 Å². The van der Waals surface area contributed by atoms with Gasteiger partial charge in [0, 0.05) is 57.7 Å². The van der Waals surface area contributed by atoms with Crippen molar-refractivity contribution >= 4 is 43.6 Å². The number of benzene rings is 6. The third kappa shape index (κ3) is 11.0. The summed E-state index contributed by atoms with van der Waals surface area (Å²) < 4.78 is 4.48. The van der Waals surface area contributed by atoms with Crippen LogP contribution in [0.3, 0.4) is 0 Å². The standard InChI is InChI=1S/2C13H11N.C13H10.6C2H6/c2*1-14-12-8-4-2-6-10(12)11-7-3-5-9-13(11)14;1-3-7-12-10(5-1)9-11-6-2-4-8-13(11)12;6*1-2/h2*2-9H,1H3;1-8H,9H2;6*1-2H3. The molecule has 53 heavy (non-hydrogen) atoms. The normalized spacial score (nSPS) is 9.62. The van der Waals surface area contributed by atoms with Gasteiger partial charge in [-0.15, -0.1) is 0 Å². The molecule has 1 aliphatic carbocycles. The second-order valence-electron chi connectivity index (χ2n) is 10.7. The molecule has 0 amide bonds. The van der Waals surface area contributed by atoms with Gasteiger partial charge in [-0.25, -0.2) is 0 Å². The summed E-state index contributed by atoms with van der Waals surface area (Å²) in [5, 5.41) is 5.35. The van der Waals surface area contributed by atoms with E-state index < -0.39 is 0 Å². The summed E-state index contributed by atoms with van der Waals surface area (Å²) >= 11 is 0. The summed E-state index contributed by atoms with van der Waals surface area (Å²) in [4.78, 5) is 0. The zero-order chi connectivity index (χ0) is 39.8. The minimum absolute atomic E-state index is 1.10. The average Bonchev–Trinajstić information content (AvgIpc) is 3.90. The average molecular weight is 709 g/mol. The molecule has 0 unspecified atom stereocenters. The van der Waals surface area contributed by atoms with Crippen LogP contribution in [0, 0.1) is 0 Å². The Kier molecular flexibility index (Phi) is 22.4. The molecule has 2 nitrogen and oxygen atoms in total. The largest absolute Gasteiger partial charge is 0.344 e. The van der Waals surface area contributed by atoms with Gasteiger partial charge in [-0.3, -0.25) is 0 Å². The molecule has 0 bridgehead atoms. The fourth-order valence-electron chi connectivity index (χ4n) is 6.31. The lowest BCUT2D eigenvalue weighted by atomic mass is 10.1. The van der Waals surface area contributed by atoms with Crippen LogP contribution in [0.2, 0.25) is 0 Å². The summed E-state index contributed by atoms with van der Waals surface area (Å²) in [6.45, 7) is 24.0. The van der Waals surface area contributed by atoms with E-state index in [4.69, 9.17) is 0 Å². The molecular formula is C51H68N2. The van der Waals surface area contributed by atoms with Gasteiger partial charge in [-0.05, 0) is 52.9 Å². The molecule has 2 heteroatoms. The van der Waals surface area contributed by atoms with Crippen LogP contribution in [0.15, 0.2) is 146 Å². The first-order valence-electron chi connectivity index (χ1n) is 20.2. The summed E-state index contributed by atoms with van der Waals surface area (Å²) in [6, 6.07) is 51.4. The lowest BCUT2D eigenvalue weighted by Crippen LogP contribution is -1.84. The number of fused-ring (bicyclic) bond motifs is 9. The van der Waals surface area contributed by atoms with Crippen LogP contribution in [0.1, 0.15) is 94.2 Å². The Morgan fingerprint density at radius 1 is 0.283 bits per heavy atom. The Hall–Kier alpha value is -5.08. The Labute approximate surface area is 323 Å². The Morgan fingerprint density at radius 2 is 0.491 bits per heavy atom. The predicted octanol–water partition coefficient (Wildman–Crippen LogP) is 16.1. The number of nitrogens with zero attached hydrogens (tertiary/aromatic N) is 2. The maximum Gasteiger partial charge on any atom is 0.0488 e. The molecule has 0 N–H and O–H groups in total. The third-order valence-electron chi connectivity index (χ3n) is 8.35. The van der Waals surface area contributed by atoms with Crippen LogP contribution in [0.25, 0.3) is 54.7 Å². The quantitative estimate of drug-likeness (QED) is 0.148. The number of hydrogen-bond donors (Lipinski definition) is 0. The maximum absolute atomic E-state index is 2.24. The van der Waals surface area contributed by atoms with Gasteiger partial charge in [0.15, 0.2) is 0 Å². The van der Waals surface area contributed by atoms with E-state index in [0.717, 1.165) is 6.42 Å². The van der Waals surface area contributed by atoms with Crippen LogP contribution in [0.4, 0.5) is 0 Å². The van der Waals surface area contributed by atoms with Crippen molar-refractivity contribution in [1.29, 1.82) is 0 Å². The molecule has 0 saturated heterocycles. The SMILES string of the molecule is CC.CC.CC.CC.CC.CC.Cn1c2ccccc2c2ccccc21.Cn1c2ccccc2c2ccccc21.c1ccc2c(c1)Cc1ccccc1-2. The van der Waals surface area contributed by atoms with Gasteiger partial charge in [-0.1, -0.05) is 204 Å². The minimum atomic E-state index is 1.10. The third-order valence-corrected chi connectivity index (χ3v) is 8.35. The molecule has 282 valence electrons. The Bertz CT molecular complexity index is 1900. The zero-order valence-corrected chi connectivity index (χ0v) is 35.5. The Balaban J connectivity index is 0.000000348. The number of rotatable bonds is 0. The molecule has 2 heterocycles. The molecular weight excluding hydrogens is 641 g/mol. The fraction of sp³-hybridized carbons (Fsp3) is 0.294. The van der Waals surface area contributed by atoms with Gasteiger partial charge in [-0.2, -0.15) is 0 Å². The van der Waals surface area contributed by atoms with E-state index in [0.29, 0.717) is 0 Å². The summed E-state index contributed by atoms with van der Waals surface area (Å²) in [6.07, 6.45) is 1.10. The first-order valence-corrected chi connectivity index (χ1v) is 20.2. The van der Waals surface area contributed by atoms with Crippen molar-refractivity contribution in [2.75, 3.05) is 0 Å². The lowest BCUT2D eigenvalue weighted by molar-refractivity contribution is 1.01. The smallest absolute Gasteiger partial charge is 0.0488 e. The number of aryl methyl sites for hydroxylation is 2. The second-order valence-corrected chi connectivity index (χ2v) is 10.7. The highest BCUT2D eigenvalue weighted by atomic mass is 14.9. The van der Waals surface area contributed by atoms with Crippen molar-refractivity contribution in [1.82, 2.24) is 9.13 Å². The van der Waals surface area contributed by atoms with E-state index in [1.54, 1.807) is 0 Å². The summed E-state index contributed by atoms with van der Waals surface area (Å²) in [5.74, 6) is 0. The monoisotopic (exact) mass is 709 g/mol. The first kappa shape index (κ1) is 45.9. The maximum atomic E-state index is 2.24. The first-order chi connectivity index (χ1) is 26.2. The van der Waals surface area contributed by atoms with Gasteiger partial charge >= 0.3 is 0 Å². The van der Waals surface area contributed by atoms with Crippen molar-refractivity contribution in [2.24, 2.45) is 14.1 Å². The molecule has 1 aliphatic rings. The molecule has 0 radical (unpaired) electrons. The molecule has 6 aromatic carbocycles. The van der Waals surface area contributed by atoms with Gasteiger partial charge < -0.3 is 9.13 Å². The molecule has 0 aliphatic heterocycles. The molecule has 8 aromatic rings. The van der Waals surface area contributed by atoms with E-state index in [-0.39, 0.29) is 0 Å². The van der Waals surface area contributed by atoms with Crippen molar-refractivity contribution in [3.63, 3.8) is 0 Å². The Morgan fingerprint density at radius 3 is 0.755 bits per heavy atom. The van der Waals surface area contributed by atoms with Crippen LogP contribution >= 0.6 is 0 Å². The van der Waals surface area contributed by atoms with E-state index in [1.165, 1.54) is 65.9 Å². The van der Waals surface area contributed by atoms with Gasteiger partial charge in [0.25, 0.3) is 0 Å². The molecule has 0 saturated carbocycles. The summed E-state index contributed by atoms with van der Waals surface area (Å²) in [5.41, 5.74) is 11.0. The highest BCUT2D eigenvalue weighted by Gasteiger charge is 2.16. The van der Waals surface area contributed by atoms with Gasteiger partial charge in [0.2, 0.25) is 0 Å². The molecule has 0 spiro atoms. The van der Waals surface area contributed by atoms with Gasteiger partial charge in [0.1, 0.15) is 0 Å². The molecule has 0 fully saturated rings. The number of hydrogen-bond acceptors (Lipinski definition) is 0. The second kappa shape index (κ2) is 25.8. The highest BCUT2D eigenvalue weighted by Crippen LogP contribution is 2.35. The van der Waals surface area contributed by atoms with E-state index in [1.807, 2.05) is 83.1 Å². The lowest BCUT2D eigenvalue weighted by Gasteiger charge is -1.98. The topological polar surface area (TPSA) is 9.86 Å². The molecule has 2 aromatic heterocycles.